The lowest BCUT2D eigenvalue weighted by atomic mass is 9.96. The number of aromatic amines is 1. The van der Waals surface area contributed by atoms with Crippen LogP contribution in [0.4, 0.5) is 5.69 Å². The molecule has 0 saturated carbocycles. The van der Waals surface area contributed by atoms with Crippen LogP contribution in [-0.4, -0.2) is 50.5 Å². The van der Waals surface area contributed by atoms with E-state index in [0.717, 1.165) is 59.3 Å². The molecular formula is C21H22N6O. The first-order valence-corrected chi connectivity index (χ1v) is 9.58. The van der Waals surface area contributed by atoms with E-state index in [-0.39, 0.29) is 11.8 Å². The van der Waals surface area contributed by atoms with Crippen molar-refractivity contribution in [2.24, 2.45) is 5.92 Å². The third kappa shape index (κ3) is 3.03. The van der Waals surface area contributed by atoms with Gasteiger partial charge in [-0.05, 0) is 62.8 Å². The molecule has 4 aromatic rings. The zero-order chi connectivity index (χ0) is 19.1. The molecule has 0 spiro atoms. The van der Waals surface area contributed by atoms with Gasteiger partial charge < -0.3 is 15.2 Å². The maximum atomic E-state index is 12.6. The van der Waals surface area contributed by atoms with Gasteiger partial charge in [-0.15, -0.1) is 0 Å². The number of anilines is 1. The zero-order valence-electron chi connectivity index (χ0n) is 15.7. The van der Waals surface area contributed by atoms with Crippen molar-refractivity contribution < 1.29 is 4.79 Å². The first-order chi connectivity index (χ1) is 13.7. The molecule has 0 unspecified atom stereocenters. The van der Waals surface area contributed by atoms with Crippen LogP contribution in [0.2, 0.25) is 0 Å². The summed E-state index contributed by atoms with van der Waals surface area (Å²) in [5.41, 5.74) is 4.72. The van der Waals surface area contributed by atoms with Gasteiger partial charge in [0.2, 0.25) is 5.91 Å². The normalized spacial score (nSPS) is 16.0. The van der Waals surface area contributed by atoms with E-state index in [4.69, 9.17) is 0 Å². The third-order valence-electron chi connectivity index (χ3n) is 5.60. The van der Waals surface area contributed by atoms with Crippen molar-refractivity contribution in [2.45, 2.75) is 12.8 Å². The van der Waals surface area contributed by atoms with Crippen LogP contribution in [0.5, 0.6) is 0 Å². The smallest absolute Gasteiger partial charge is 0.227 e. The molecule has 0 bridgehead atoms. The van der Waals surface area contributed by atoms with Crippen LogP contribution in [-0.2, 0) is 4.79 Å². The molecule has 7 heteroatoms. The van der Waals surface area contributed by atoms with Crippen LogP contribution in [0.1, 0.15) is 12.8 Å². The van der Waals surface area contributed by atoms with E-state index in [1.54, 1.807) is 12.4 Å². The third-order valence-corrected chi connectivity index (χ3v) is 5.60. The lowest BCUT2D eigenvalue weighted by Gasteiger charge is -2.28. The Balaban J connectivity index is 1.44. The van der Waals surface area contributed by atoms with Gasteiger partial charge >= 0.3 is 0 Å². The number of aromatic nitrogens is 4. The molecule has 28 heavy (non-hydrogen) atoms. The Hall–Kier alpha value is -3.19. The van der Waals surface area contributed by atoms with Crippen molar-refractivity contribution in [3.8, 4) is 11.1 Å². The molecule has 0 atom stereocenters. The van der Waals surface area contributed by atoms with Gasteiger partial charge in [0.05, 0.1) is 17.4 Å². The summed E-state index contributed by atoms with van der Waals surface area (Å²) in [4.78, 5) is 22.6. The average Bonchev–Trinajstić information content (AvgIpc) is 3.34. The summed E-state index contributed by atoms with van der Waals surface area (Å²) >= 11 is 0. The predicted octanol–water partition coefficient (Wildman–Crippen LogP) is 3.16. The van der Waals surface area contributed by atoms with Crippen LogP contribution < -0.4 is 5.32 Å². The highest BCUT2D eigenvalue weighted by molar-refractivity contribution is 5.99. The number of rotatable bonds is 3. The maximum Gasteiger partial charge on any atom is 0.227 e. The minimum Gasteiger partial charge on any atom is -0.346 e. The van der Waals surface area contributed by atoms with E-state index in [2.05, 4.69) is 38.4 Å². The molecule has 0 aliphatic carbocycles. The topological polar surface area (TPSA) is 78.3 Å². The fourth-order valence-electron chi connectivity index (χ4n) is 3.91. The molecule has 142 valence electrons. The highest BCUT2D eigenvalue weighted by Crippen LogP contribution is 2.30. The lowest BCUT2D eigenvalue weighted by molar-refractivity contribution is -0.121. The van der Waals surface area contributed by atoms with Crippen molar-refractivity contribution >= 4 is 28.1 Å². The van der Waals surface area contributed by atoms with Gasteiger partial charge in [0.1, 0.15) is 5.65 Å². The van der Waals surface area contributed by atoms with Gasteiger partial charge in [0.15, 0.2) is 0 Å². The first-order valence-electron chi connectivity index (χ1n) is 9.58. The summed E-state index contributed by atoms with van der Waals surface area (Å²) < 4.78 is 1.84. The Morgan fingerprint density at radius 3 is 2.96 bits per heavy atom. The molecule has 1 aliphatic rings. The number of likely N-dealkylation sites (tertiary alicyclic amines) is 1. The number of piperidine rings is 1. The summed E-state index contributed by atoms with van der Waals surface area (Å²) in [6, 6.07) is 8.11. The molecule has 5 heterocycles. The van der Waals surface area contributed by atoms with Crippen molar-refractivity contribution in [3.05, 3.63) is 49.1 Å². The van der Waals surface area contributed by atoms with E-state index in [9.17, 15) is 4.79 Å². The zero-order valence-corrected chi connectivity index (χ0v) is 15.7. The number of hydrogen-bond donors (Lipinski definition) is 2. The van der Waals surface area contributed by atoms with Crippen LogP contribution in [0, 0.1) is 5.92 Å². The largest absolute Gasteiger partial charge is 0.346 e. The van der Waals surface area contributed by atoms with Gasteiger partial charge in [-0.3, -0.25) is 4.79 Å². The summed E-state index contributed by atoms with van der Waals surface area (Å²) in [5, 5.41) is 8.30. The molecule has 0 radical (unpaired) electrons. The highest BCUT2D eigenvalue weighted by atomic mass is 16.1. The summed E-state index contributed by atoms with van der Waals surface area (Å²) in [7, 11) is 2.10. The molecule has 0 aromatic carbocycles. The van der Waals surface area contributed by atoms with Gasteiger partial charge in [0, 0.05) is 35.5 Å². The second-order valence-corrected chi connectivity index (χ2v) is 7.51. The van der Waals surface area contributed by atoms with E-state index < -0.39 is 0 Å². The van der Waals surface area contributed by atoms with Crippen LogP contribution in [0.15, 0.2) is 49.1 Å². The molecule has 2 N–H and O–H groups in total. The molecule has 1 fully saturated rings. The summed E-state index contributed by atoms with van der Waals surface area (Å²) in [6.07, 6.45) is 9.21. The Labute approximate surface area is 162 Å². The molecular weight excluding hydrogens is 352 g/mol. The fraction of sp³-hybridized carbons (Fsp3) is 0.286. The fourth-order valence-corrected chi connectivity index (χ4v) is 3.91. The van der Waals surface area contributed by atoms with Crippen molar-refractivity contribution in [3.63, 3.8) is 0 Å². The lowest BCUT2D eigenvalue weighted by Crippen LogP contribution is -2.35. The number of H-pyrrole nitrogens is 1. The average molecular weight is 374 g/mol. The Kier molecular flexibility index (Phi) is 4.09. The molecule has 1 aliphatic heterocycles. The van der Waals surface area contributed by atoms with E-state index in [1.165, 1.54) is 0 Å². The first kappa shape index (κ1) is 16.9. The number of hydrogen-bond acceptors (Lipinski definition) is 4. The highest BCUT2D eigenvalue weighted by Gasteiger charge is 2.23. The second kappa shape index (κ2) is 6.76. The molecule has 1 saturated heterocycles. The van der Waals surface area contributed by atoms with Crippen LogP contribution in [0.3, 0.4) is 0 Å². The molecule has 7 nitrogen and oxygen atoms in total. The Bertz CT molecular complexity index is 1150. The van der Waals surface area contributed by atoms with Gasteiger partial charge in [-0.1, -0.05) is 0 Å². The number of amides is 1. The Morgan fingerprint density at radius 1 is 1.25 bits per heavy atom. The quantitative estimate of drug-likeness (QED) is 0.577. The van der Waals surface area contributed by atoms with E-state index >= 15 is 0 Å². The number of fused-ring (bicyclic) bond motifs is 2. The van der Waals surface area contributed by atoms with Gasteiger partial charge in [-0.25, -0.2) is 9.50 Å². The monoisotopic (exact) mass is 374 g/mol. The van der Waals surface area contributed by atoms with Crippen molar-refractivity contribution in [2.75, 3.05) is 25.5 Å². The summed E-state index contributed by atoms with van der Waals surface area (Å²) in [5.74, 6) is 0.161. The number of carbonyl (C=O) groups excluding carboxylic acids is 1. The van der Waals surface area contributed by atoms with E-state index in [1.807, 2.05) is 35.1 Å². The Morgan fingerprint density at radius 2 is 2.11 bits per heavy atom. The van der Waals surface area contributed by atoms with Crippen LogP contribution >= 0.6 is 0 Å². The predicted molar refractivity (Wildman–Crippen MR) is 109 cm³/mol. The maximum absolute atomic E-state index is 12.6. The van der Waals surface area contributed by atoms with Crippen LogP contribution in [0.25, 0.3) is 27.7 Å². The van der Waals surface area contributed by atoms with Crippen molar-refractivity contribution in [1.29, 1.82) is 0 Å². The number of carbonyl (C=O) groups is 1. The molecule has 5 rings (SSSR count). The number of nitrogens with one attached hydrogen (secondary N) is 2. The van der Waals surface area contributed by atoms with E-state index in [0.29, 0.717) is 0 Å². The molecule has 4 aromatic heterocycles. The van der Waals surface area contributed by atoms with Gasteiger partial charge in [-0.2, -0.15) is 5.10 Å². The SMILES string of the molecule is CN1CCC(C(=O)Nc2cnc3[nH]cc(-c4ccn5nccc5c4)c3c2)CC1. The minimum atomic E-state index is 0.0712. The second-order valence-electron chi connectivity index (χ2n) is 7.51. The van der Waals surface area contributed by atoms with Gasteiger partial charge in [0.25, 0.3) is 0 Å². The standard InChI is InChI=1S/C21H22N6O/c1-26-7-3-14(4-8-26)21(28)25-16-11-18-19(13-23-20(18)22-12-16)15-5-9-27-17(10-15)2-6-24-27/h2,5-6,9-14H,3-4,7-8H2,1H3,(H,22,23)(H,25,28). The summed E-state index contributed by atoms with van der Waals surface area (Å²) in [6.45, 7) is 1.93. The van der Waals surface area contributed by atoms with Crippen molar-refractivity contribution in [1.82, 2.24) is 24.5 Å². The number of pyridine rings is 2. The number of nitrogens with zero attached hydrogens (tertiary/aromatic N) is 4. The minimum absolute atomic E-state index is 0.0712. The molecule has 1 amide bonds.